The monoisotopic (exact) mass is 448 g/mol. The number of carbonyl (C=O) groups is 1. The highest BCUT2D eigenvalue weighted by atomic mass is 35.5. The summed E-state index contributed by atoms with van der Waals surface area (Å²) in [5.74, 6) is 1.05. The molecule has 0 aliphatic heterocycles. The van der Waals surface area contributed by atoms with Gasteiger partial charge in [-0.15, -0.1) is 0 Å². The predicted octanol–water partition coefficient (Wildman–Crippen LogP) is 6.11. The van der Waals surface area contributed by atoms with Gasteiger partial charge in [0.15, 0.2) is 0 Å². The maximum Gasteiger partial charge on any atom is 0.314 e. The Morgan fingerprint density at radius 1 is 1.16 bits per heavy atom. The zero-order valence-electron chi connectivity index (χ0n) is 18.4. The molecule has 5 heteroatoms. The van der Waals surface area contributed by atoms with Gasteiger partial charge >= 0.3 is 5.97 Å². The third kappa shape index (κ3) is 3.17. The van der Waals surface area contributed by atoms with Crippen LogP contribution in [0.2, 0.25) is 5.02 Å². The maximum atomic E-state index is 11.7. The van der Waals surface area contributed by atoms with E-state index in [-0.39, 0.29) is 5.92 Å². The molecule has 1 fully saturated rings. The fourth-order valence-electron chi connectivity index (χ4n) is 5.26. The lowest BCUT2D eigenvalue weighted by atomic mass is 9.93. The van der Waals surface area contributed by atoms with Crippen molar-refractivity contribution >= 4 is 17.6 Å². The lowest BCUT2D eigenvalue weighted by Gasteiger charge is -2.17. The van der Waals surface area contributed by atoms with Crippen molar-refractivity contribution in [1.29, 1.82) is 0 Å². The third-order valence-electron chi connectivity index (χ3n) is 7.12. The van der Waals surface area contributed by atoms with Crippen LogP contribution in [0.1, 0.15) is 34.2 Å². The molecule has 2 atom stereocenters. The number of benzene rings is 3. The first kappa shape index (κ1) is 20.9. The maximum absolute atomic E-state index is 11.7. The number of aryl methyl sites for hydroxylation is 1. The van der Waals surface area contributed by atoms with Gasteiger partial charge in [-0.3, -0.25) is 4.79 Å². The molecule has 2 aliphatic carbocycles. The molecule has 0 aromatic heterocycles. The largest absolute Gasteiger partial charge is 0.497 e. The Bertz CT molecular complexity index is 1230. The molecule has 1 N–H and O–H groups in total. The van der Waals surface area contributed by atoms with Crippen molar-refractivity contribution in [2.24, 2.45) is 5.92 Å². The molecule has 2 aliphatic rings. The number of hydrogen-bond acceptors (Lipinski definition) is 3. The number of ether oxygens (including phenoxy) is 2. The van der Waals surface area contributed by atoms with Crippen molar-refractivity contribution in [1.82, 2.24) is 0 Å². The van der Waals surface area contributed by atoms with Crippen LogP contribution >= 0.6 is 11.6 Å². The van der Waals surface area contributed by atoms with Crippen LogP contribution in [0.15, 0.2) is 48.5 Å². The molecule has 164 valence electrons. The highest BCUT2D eigenvalue weighted by Crippen LogP contribution is 2.62. The summed E-state index contributed by atoms with van der Waals surface area (Å²) in [6.45, 7) is 4.55. The fourth-order valence-corrected chi connectivity index (χ4v) is 5.61. The summed E-state index contributed by atoms with van der Waals surface area (Å²) < 4.78 is 11.5. The Hall–Kier alpha value is -2.98. The average molecular weight is 449 g/mol. The zero-order chi connectivity index (χ0) is 22.6. The van der Waals surface area contributed by atoms with E-state index in [4.69, 9.17) is 21.1 Å². The number of carboxylic acids is 1. The van der Waals surface area contributed by atoms with Gasteiger partial charge in [0, 0.05) is 5.56 Å². The number of rotatable bonds is 6. The molecule has 0 radical (unpaired) electrons. The van der Waals surface area contributed by atoms with Gasteiger partial charge in [-0.1, -0.05) is 35.9 Å². The van der Waals surface area contributed by atoms with Crippen LogP contribution in [0.3, 0.4) is 0 Å². The number of hydrogen-bond donors (Lipinski definition) is 1. The van der Waals surface area contributed by atoms with E-state index in [1.54, 1.807) is 7.11 Å². The molecule has 32 heavy (non-hydrogen) atoms. The Morgan fingerprint density at radius 2 is 1.97 bits per heavy atom. The van der Waals surface area contributed by atoms with Gasteiger partial charge < -0.3 is 14.6 Å². The van der Waals surface area contributed by atoms with Gasteiger partial charge in [0.25, 0.3) is 0 Å². The van der Waals surface area contributed by atoms with E-state index in [9.17, 15) is 9.90 Å². The van der Waals surface area contributed by atoms with E-state index in [2.05, 4.69) is 19.1 Å². The van der Waals surface area contributed by atoms with Crippen molar-refractivity contribution in [3.05, 3.63) is 81.4 Å². The summed E-state index contributed by atoms with van der Waals surface area (Å²) in [5, 5.41) is 10.3. The summed E-state index contributed by atoms with van der Waals surface area (Å²) >= 11 is 6.60. The van der Waals surface area contributed by atoms with E-state index < -0.39 is 11.4 Å². The zero-order valence-corrected chi connectivity index (χ0v) is 19.1. The van der Waals surface area contributed by atoms with E-state index in [0.29, 0.717) is 11.6 Å². The molecule has 0 saturated heterocycles. The lowest BCUT2D eigenvalue weighted by Crippen LogP contribution is -2.19. The average Bonchev–Trinajstić information content (AvgIpc) is 3.40. The van der Waals surface area contributed by atoms with Crippen LogP contribution in [0, 0.1) is 19.8 Å². The molecule has 1 saturated carbocycles. The Kier molecular flexibility index (Phi) is 4.94. The second-order valence-corrected chi connectivity index (χ2v) is 9.29. The van der Waals surface area contributed by atoms with E-state index in [1.165, 1.54) is 0 Å². The highest BCUT2D eigenvalue weighted by molar-refractivity contribution is 6.33. The van der Waals surface area contributed by atoms with Crippen molar-refractivity contribution in [2.45, 2.75) is 38.7 Å². The molecule has 0 bridgehead atoms. The SMILES string of the molecule is COc1cc(C)c(-c2cccc(COc3ccc4c(c3)CC3CC43C(=O)O)c2C)c(Cl)c1. The number of halogens is 1. The van der Waals surface area contributed by atoms with Crippen molar-refractivity contribution in [3.63, 3.8) is 0 Å². The first-order chi connectivity index (χ1) is 15.3. The van der Waals surface area contributed by atoms with Gasteiger partial charge in [0.05, 0.1) is 17.5 Å². The molecule has 0 spiro atoms. The molecule has 0 amide bonds. The molecule has 3 aromatic carbocycles. The first-order valence-corrected chi connectivity index (χ1v) is 11.2. The molecule has 2 unspecified atom stereocenters. The van der Waals surface area contributed by atoms with Crippen LogP contribution in [0.25, 0.3) is 11.1 Å². The number of aliphatic carboxylic acids is 1. The summed E-state index contributed by atoms with van der Waals surface area (Å²) in [5.41, 5.74) is 6.76. The number of carboxylic acid groups (broad SMARTS) is 1. The molecule has 3 aromatic rings. The predicted molar refractivity (Wildman–Crippen MR) is 125 cm³/mol. The van der Waals surface area contributed by atoms with Gasteiger partial charge in [0.1, 0.15) is 18.1 Å². The summed E-state index contributed by atoms with van der Waals surface area (Å²) in [6, 6.07) is 15.8. The second kappa shape index (κ2) is 7.56. The van der Waals surface area contributed by atoms with Gasteiger partial charge in [0.2, 0.25) is 0 Å². The van der Waals surface area contributed by atoms with E-state index in [1.807, 2.05) is 43.3 Å². The van der Waals surface area contributed by atoms with Crippen LogP contribution in [0.4, 0.5) is 0 Å². The fraction of sp³-hybridized carbons (Fsp3) is 0.296. The van der Waals surface area contributed by atoms with Crippen LogP contribution in [-0.2, 0) is 23.2 Å². The van der Waals surface area contributed by atoms with Crippen LogP contribution in [-0.4, -0.2) is 18.2 Å². The van der Waals surface area contributed by atoms with Crippen LogP contribution in [0.5, 0.6) is 11.5 Å². The molecule has 4 nitrogen and oxygen atoms in total. The third-order valence-corrected chi connectivity index (χ3v) is 7.41. The Balaban J connectivity index is 1.39. The first-order valence-electron chi connectivity index (χ1n) is 10.8. The lowest BCUT2D eigenvalue weighted by molar-refractivity contribution is -0.140. The smallest absolute Gasteiger partial charge is 0.314 e. The minimum atomic E-state index is -0.699. The topological polar surface area (TPSA) is 55.8 Å². The van der Waals surface area contributed by atoms with E-state index >= 15 is 0 Å². The van der Waals surface area contributed by atoms with Crippen LogP contribution < -0.4 is 9.47 Å². The quantitative estimate of drug-likeness (QED) is 0.494. The standard InChI is InChI=1S/C27H25ClO4/c1-15-9-21(31-3)12-24(28)25(15)22-6-4-5-17(16(22)2)14-32-20-7-8-23-18(11-20)10-19-13-27(19,23)26(29)30/h4-9,11-12,19H,10,13-14H2,1-3H3,(H,29,30). The van der Waals surface area contributed by atoms with Gasteiger partial charge in [-0.25, -0.2) is 0 Å². The molecular formula is C27H25ClO4. The number of fused-ring (bicyclic) bond motifs is 3. The summed E-state index contributed by atoms with van der Waals surface area (Å²) in [6.07, 6.45) is 1.58. The van der Waals surface area contributed by atoms with Gasteiger partial charge in [-0.05, 0) is 90.3 Å². The Labute approximate surface area is 192 Å². The molecular weight excluding hydrogens is 424 g/mol. The van der Waals surface area contributed by atoms with Gasteiger partial charge in [-0.2, -0.15) is 0 Å². The van der Waals surface area contributed by atoms with Crippen molar-refractivity contribution in [3.8, 4) is 22.6 Å². The summed E-state index contributed by atoms with van der Waals surface area (Å²) in [7, 11) is 1.64. The minimum absolute atomic E-state index is 0.238. The Morgan fingerprint density at radius 3 is 2.69 bits per heavy atom. The molecule has 5 rings (SSSR count). The van der Waals surface area contributed by atoms with Crippen molar-refractivity contribution < 1.29 is 19.4 Å². The second-order valence-electron chi connectivity index (χ2n) is 8.88. The normalized spacial score (nSPS) is 20.4. The van der Waals surface area contributed by atoms with E-state index in [0.717, 1.165) is 63.3 Å². The summed E-state index contributed by atoms with van der Waals surface area (Å²) in [4.78, 5) is 11.7. The number of methoxy groups -OCH3 is 1. The van der Waals surface area contributed by atoms with Crippen molar-refractivity contribution in [2.75, 3.05) is 7.11 Å². The molecule has 0 heterocycles. The highest BCUT2D eigenvalue weighted by Gasteiger charge is 2.65. The minimum Gasteiger partial charge on any atom is -0.497 e.